The Labute approximate surface area is 286 Å². The molecule has 4 heterocycles. The highest BCUT2D eigenvalue weighted by atomic mass is 19.4. The van der Waals surface area contributed by atoms with Gasteiger partial charge in [-0.3, -0.25) is 0 Å². The molecule has 0 spiro atoms. The maximum atomic E-state index is 12.9. The lowest BCUT2D eigenvalue weighted by Crippen LogP contribution is -2.45. The number of piperidine rings is 2. The number of carbonyl (C=O) groups excluding carboxylic acids is 1. The van der Waals surface area contributed by atoms with Gasteiger partial charge in [0.2, 0.25) is 0 Å². The summed E-state index contributed by atoms with van der Waals surface area (Å²) in [6, 6.07) is 14.4. The molecule has 1 N–H and O–H groups in total. The zero-order valence-corrected chi connectivity index (χ0v) is 26.9. The highest BCUT2D eigenvalue weighted by Crippen LogP contribution is 2.35. The van der Waals surface area contributed by atoms with Crippen LogP contribution in [0.15, 0.2) is 75.6 Å². The number of carboxylic acids is 1. The van der Waals surface area contributed by atoms with Crippen LogP contribution in [0.5, 0.6) is 0 Å². The quantitative estimate of drug-likeness (QED) is 0.136. The molecule has 2 aliphatic heterocycles. The van der Waals surface area contributed by atoms with Crippen molar-refractivity contribution >= 4 is 46.2 Å². The molecular weight excluding hydrogens is 686 g/mol. The number of alkyl halides is 6. The number of ether oxygens (including phenoxy) is 1. The highest BCUT2D eigenvalue weighted by molar-refractivity contribution is 5.82. The molecule has 2 fully saturated rings. The summed E-state index contributed by atoms with van der Waals surface area (Å²) in [4.78, 5) is 35.4. The number of nitrogens with zero attached hydrogens (tertiary/aromatic N) is 4. The van der Waals surface area contributed by atoms with Crippen LogP contribution in [0.25, 0.3) is 22.2 Å². The first-order valence-corrected chi connectivity index (χ1v) is 16.2. The maximum Gasteiger partial charge on any atom is 0.416 e. The van der Waals surface area contributed by atoms with E-state index in [1.54, 1.807) is 4.90 Å². The molecule has 2 aliphatic rings. The van der Waals surface area contributed by atoms with Crippen molar-refractivity contribution in [3.05, 3.63) is 83.4 Å². The number of fused-ring (bicyclic) bond motifs is 2. The normalized spacial score (nSPS) is 18.4. The zero-order chi connectivity index (χ0) is 36.3. The maximum absolute atomic E-state index is 12.9. The fraction of sp³-hybridized carbons (Fsp3) is 0.371. The van der Waals surface area contributed by atoms with Crippen molar-refractivity contribution < 1.29 is 54.6 Å². The summed E-state index contributed by atoms with van der Waals surface area (Å²) in [5.41, 5.74) is -0.0932. The molecule has 0 amide bonds. The van der Waals surface area contributed by atoms with E-state index in [1.807, 2.05) is 30.3 Å². The average Bonchev–Trinajstić information content (AvgIpc) is 3.74. The number of benzene rings is 3. The monoisotopic (exact) mass is 718 g/mol. The summed E-state index contributed by atoms with van der Waals surface area (Å²) in [6.07, 6.45) is -4.64. The number of halogens is 6. The fourth-order valence-electron chi connectivity index (χ4n) is 6.08. The Hall–Kier alpha value is -5.28. The fourth-order valence-corrected chi connectivity index (χ4v) is 6.08. The van der Waals surface area contributed by atoms with E-state index in [0.29, 0.717) is 25.9 Å². The number of aliphatic carboxylic acids is 1. The first-order valence-electron chi connectivity index (χ1n) is 16.2. The number of hydrogen-bond donors (Lipinski definition) is 1. The minimum absolute atomic E-state index is 0.0569. The molecule has 2 saturated heterocycles. The summed E-state index contributed by atoms with van der Waals surface area (Å²) in [6.45, 7) is 1.13. The van der Waals surface area contributed by atoms with Crippen molar-refractivity contribution in [1.29, 1.82) is 0 Å². The molecule has 2 aromatic heterocycles. The lowest BCUT2D eigenvalue weighted by Gasteiger charge is -2.32. The molecule has 0 bridgehead atoms. The van der Waals surface area contributed by atoms with Crippen molar-refractivity contribution in [2.45, 2.75) is 69.6 Å². The minimum atomic E-state index is -4.46. The Kier molecular flexibility index (Phi) is 10.1. The number of aromatic nitrogens is 2. The van der Waals surface area contributed by atoms with E-state index in [0.717, 1.165) is 55.5 Å². The minimum Gasteiger partial charge on any atom is -0.480 e. The zero-order valence-electron chi connectivity index (χ0n) is 26.9. The lowest BCUT2D eigenvalue weighted by molar-refractivity contribution is -0.147. The highest BCUT2D eigenvalue weighted by Gasteiger charge is 2.36. The molecule has 5 aromatic rings. The van der Waals surface area contributed by atoms with Crippen LogP contribution in [0, 0.1) is 0 Å². The van der Waals surface area contributed by atoms with E-state index < -0.39 is 47.5 Å². The van der Waals surface area contributed by atoms with Gasteiger partial charge in [-0.15, -0.1) is 0 Å². The van der Waals surface area contributed by atoms with Crippen LogP contribution in [0.4, 0.5) is 38.4 Å². The molecule has 270 valence electrons. The molecule has 3 aromatic carbocycles. The third-order valence-electron chi connectivity index (χ3n) is 8.69. The standard InChI is InChI=1S/C21H19F3N2O3.C14H13F3N2O3/c22-21(23,24)15-9-10-18-16(12-15)25-20(29-18)26-11-5-4-8-17(26)19(27)28-13-14-6-2-1-3-7-14;15-14(16,17)8-4-5-11-9(7-8)18-13(22-11)19-6-2-1-3-10(19)12(20)21/h1-3,6-7,9-10,12,17H,4-5,8,11,13H2;4-5,7,10H,1-3,6H2,(H,20,21)/t17-;10-/m00/s1. The van der Waals surface area contributed by atoms with Gasteiger partial charge in [0.1, 0.15) is 29.7 Å². The third-order valence-corrected chi connectivity index (χ3v) is 8.69. The molecule has 0 saturated carbocycles. The second-order valence-corrected chi connectivity index (χ2v) is 12.2. The van der Waals surface area contributed by atoms with Gasteiger partial charge in [0, 0.05) is 13.1 Å². The molecule has 0 aliphatic carbocycles. The molecule has 7 rings (SSSR count). The van der Waals surface area contributed by atoms with Gasteiger partial charge in [-0.25, -0.2) is 9.59 Å². The molecule has 10 nitrogen and oxygen atoms in total. The first kappa shape index (κ1) is 35.5. The van der Waals surface area contributed by atoms with E-state index in [1.165, 1.54) is 17.0 Å². The SMILES string of the molecule is O=C(O)[C@@H]1CCCCN1c1nc2cc(C(F)(F)F)ccc2o1.O=C(OCc1ccccc1)[C@@H]1CCCCN1c1nc2cc(C(F)(F)F)ccc2o1. The van der Waals surface area contributed by atoms with Gasteiger partial charge in [0.05, 0.1) is 11.1 Å². The van der Waals surface area contributed by atoms with Crippen molar-refractivity contribution in [2.75, 3.05) is 22.9 Å². The molecule has 0 radical (unpaired) electrons. The summed E-state index contributed by atoms with van der Waals surface area (Å²) in [7, 11) is 0. The average molecular weight is 719 g/mol. The van der Waals surface area contributed by atoms with Crippen LogP contribution < -0.4 is 9.80 Å². The van der Waals surface area contributed by atoms with Gasteiger partial charge in [-0.2, -0.15) is 36.3 Å². The van der Waals surface area contributed by atoms with Crippen molar-refractivity contribution in [2.24, 2.45) is 0 Å². The second-order valence-electron chi connectivity index (χ2n) is 12.2. The van der Waals surface area contributed by atoms with Crippen LogP contribution in [-0.2, 0) is 33.3 Å². The molecule has 0 unspecified atom stereocenters. The number of oxazole rings is 2. The van der Waals surface area contributed by atoms with E-state index in [2.05, 4.69) is 9.97 Å². The van der Waals surface area contributed by atoms with E-state index in [-0.39, 0.29) is 40.8 Å². The number of carboxylic acid groups (broad SMARTS) is 1. The number of carbonyl (C=O) groups is 2. The molecule has 2 atom stereocenters. The van der Waals surface area contributed by atoms with Crippen LogP contribution >= 0.6 is 0 Å². The Bertz CT molecular complexity index is 1990. The summed E-state index contributed by atoms with van der Waals surface area (Å²) in [5, 5.41) is 9.24. The molecule has 16 heteroatoms. The van der Waals surface area contributed by atoms with Crippen LogP contribution in [0.2, 0.25) is 0 Å². The topological polar surface area (TPSA) is 122 Å². The van der Waals surface area contributed by atoms with Gasteiger partial charge < -0.3 is 28.5 Å². The molecular formula is C35H32F6N4O6. The van der Waals surface area contributed by atoms with Gasteiger partial charge in [-0.1, -0.05) is 30.3 Å². The summed E-state index contributed by atoms with van der Waals surface area (Å²) >= 11 is 0. The number of rotatable bonds is 6. The van der Waals surface area contributed by atoms with Gasteiger partial charge in [-0.05, 0) is 80.5 Å². The Morgan fingerprint density at radius 1 is 0.725 bits per heavy atom. The predicted molar refractivity (Wildman–Crippen MR) is 172 cm³/mol. The van der Waals surface area contributed by atoms with Crippen molar-refractivity contribution in [3.63, 3.8) is 0 Å². The van der Waals surface area contributed by atoms with E-state index in [4.69, 9.17) is 13.6 Å². The van der Waals surface area contributed by atoms with Gasteiger partial charge in [0.25, 0.3) is 12.0 Å². The van der Waals surface area contributed by atoms with E-state index in [9.17, 15) is 41.0 Å². The Morgan fingerprint density at radius 3 is 1.71 bits per heavy atom. The van der Waals surface area contributed by atoms with Crippen molar-refractivity contribution in [3.8, 4) is 0 Å². The largest absolute Gasteiger partial charge is 0.480 e. The molecule has 51 heavy (non-hydrogen) atoms. The van der Waals surface area contributed by atoms with Crippen LogP contribution in [0.3, 0.4) is 0 Å². The number of anilines is 2. The van der Waals surface area contributed by atoms with Crippen LogP contribution in [0.1, 0.15) is 55.2 Å². The van der Waals surface area contributed by atoms with E-state index >= 15 is 0 Å². The third kappa shape index (κ3) is 8.21. The smallest absolute Gasteiger partial charge is 0.416 e. The number of hydrogen-bond acceptors (Lipinski definition) is 9. The predicted octanol–water partition coefficient (Wildman–Crippen LogP) is 8.24. The first-order chi connectivity index (χ1) is 24.3. The Balaban J connectivity index is 0.000000183. The lowest BCUT2D eigenvalue weighted by atomic mass is 10.0. The van der Waals surface area contributed by atoms with Gasteiger partial charge in [0.15, 0.2) is 11.2 Å². The van der Waals surface area contributed by atoms with Crippen molar-refractivity contribution in [1.82, 2.24) is 9.97 Å². The Morgan fingerprint density at radius 2 is 1.22 bits per heavy atom. The number of esters is 1. The van der Waals surface area contributed by atoms with Crippen LogP contribution in [-0.4, -0.2) is 52.2 Å². The second kappa shape index (κ2) is 14.5. The summed E-state index contributed by atoms with van der Waals surface area (Å²) < 4.78 is 93.5. The summed E-state index contributed by atoms with van der Waals surface area (Å²) in [5.74, 6) is -1.38. The van der Waals surface area contributed by atoms with Gasteiger partial charge >= 0.3 is 24.3 Å².